The number of likely N-dealkylation sites (tertiary alicyclic amines) is 1. The Morgan fingerprint density at radius 1 is 1.30 bits per heavy atom. The molecule has 2 aliphatic rings. The van der Waals surface area contributed by atoms with E-state index in [0.29, 0.717) is 0 Å². The van der Waals surface area contributed by atoms with Gasteiger partial charge < -0.3 is 20.1 Å². The number of hydrogen-bond donors (Lipinski definition) is 2. The van der Waals surface area contributed by atoms with Gasteiger partial charge in [0.2, 0.25) is 0 Å². The Morgan fingerprint density at radius 2 is 1.93 bits per heavy atom. The van der Waals surface area contributed by atoms with Crippen molar-refractivity contribution in [1.29, 1.82) is 0 Å². The van der Waals surface area contributed by atoms with E-state index in [1.807, 2.05) is 0 Å². The highest BCUT2D eigenvalue weighted by molar-refractivity contribution is 5.74. The monoisotopic (exact) mass is 431 g/mol. The second-order valence-electron chi connectivity index (χ2n) is 7.81. The van der Waals surface area contributed by atoms with E-state index in [9.17, 15) is 18.0 Å². The Kier molecular flexibility index (Phi) is 8.08. The van der Waals surface area contributed by atoms with Crippen molar-refractivity contribution in [3.8, 4) is 0 Å². The Morgan fingerprint density at radius 3 is 2.50 bits per heavy atom. The van der Waals surface area contributed by atoms with Crippen molar-refractivity contribution in [3.05, 3.63) is 35.9 Å². The first-order valence-corrected chi connectivity index (χ1v) is 9.69. The number of halogens is 3. The molecule has 2 aliphatic heterocycles. The molecule has 1 aromatic rings. The first-order valence-electron chi connectivity index (χ1n) is 9.69. The predicted octanol–water partition coefficient (Wildman–Crippen LogP) is 2.71. The third-order valence-electron chi connectivity index (χ3n) is 5.11. The number of amides is 2. The second-order valence-corrected chi connectivity index (χ2v) is 7.81. The summed E-state index contributed by atoms with van der Waals surface area (Å²) in [5.74, 6) is -2.76. The van der Waals surface area contributed by atoms with Gasteiger partial charge in [0.1, 0.15) is 0 Å². The highest BCUT2D eigenvalue weighted by Gasteiger charge is 2.43. The number of rotatable bonds is 3. The molecule has 3 rings (SSSR count). The zero-order chi connectivity index (χ0) is 22.4. The Balaban J connectivity index is 0.000000396. The van der Waals surface area contributed by atoms with Crippen LogP contribution in [0.1, 0.15) is 24.8 Å². The van der Waals surface area contributed by atoms with Crippen LogP contribution in [0, 0.1) is 0 Å². The molecule has 0 radical (unpaired) electrons. The number of carbonyl (C=O) groups is 2. The van der Waals surface area contributed by atoms with E-state index in [0.717, 1.165) is 45.5 Å². The first-order chi connectivity index (χ1) is 14.0. The number of carboxylic acids is 1. The molecule has 2 amide bonds. The summed E-state index contributed by atoms with van der Waals surface area (Å²) in [6.45, 7) is 3.72. The fraction of sp³-hybridized carbons (Fsp3) is 0.600. The molecule has 2 atom stereocenters. The number of carboxylic acid groups (broad SMARTS) is 1. The van der Waals surface area contributed by atoms with Crippen LogP contribution < -0.4 is 5.32 Å². The minimum Gasteiger partial charge on any atom is -0.475 e. The van der Waals surface area contributed by atoms with Gasteiger partial charge in [-0.25, -0.2) is 9.59 Å². The van der Waals surface area contributed by atoms with Crippen molar-refractivity contribution in [2.24, 2.45) is 0 Å². The van der Waals surface area contributed by atoms with Crippen LogP contribution in [-0.4, -0.2) is 78.5 Å². The highest BCUT2D eigenvalue weighted by Crippen LogP contribution is 2.34. The number of nitrogens with one attached hydrogen (secondary N) is 1. The van der Waals surface area contributed by atoms with E-state index >= 15 is 0 Å². The van der Waals surface area contributed by atoms with Crippen LogP contribution in [0.2, 0.25) is 0 Å². The second kappa shape index (κ2) is 10.1. The summed E-state index contributed by atoms with van der Waals surface area (Å²) in [7, 11) is 3.56. The molecule has 2 fully saturated rings. The summed E-state index contributed by atoms with van der Waals surface area (Å²) in [6, 6.07) is 10.8. The Bertz CT molecular complexity index is 715. The maximum Gasteiger partial charge on any atom is 0.490 e. The number of carbonyl (C=O) groups excluding carboxylic acids is 1. The van der Waals surface area contributed by atoms with Crippen molar-refractivity contribution in [2.45, 2.75) is 43.6 Å². The van der Waals surface area contributed by atoms with E-state index in [1.54, 1.807) is 19.0 Å². The van der Waals surface area contributed by atoms with E-state index in [-0.39, 0.29) is 17.7 Å². The average molecular weight is 431 g/mol. The zero-order valence-electron chi connectivity index (χ0n) is 17.1. The molecular weight excluding hydrogens is 403 g/mol. The van der Waals surface area contributed by atoms with Crippen LogP contribution in [0.3, 0.4) is 0 Å². The molecule has 0 aliphatic carbocycles. The lowest BCUT2D eigenvalue weighted by Gasteiger charge is -2.38. The third kappa shape index (κ3) is 7.17. The normalized spacial score (nSPS) is 24.1. The molecule has 0 saturated carbocycles. The fourth-order valence-electron chi connectivity index (χ4n) is 3.64. The molecule has 168 valence electrons. The van der Waals surface area contributed by atoms with Gasteiger partial charge in [0.05, 0.1) is 5.60 Å². The van der Waals surface area contributed by atoms with E-state index in [4.69, 9.17) is 14.6 Å². The molecular formula is C20H28F3N3O4. The number of alkyl halides is 3. The van der Waals surface area contributed by atoms with Crippen molar-refractivity contribution in [1.82, 2.24) is 15.1 Å². The molecule has 2 N–H and O–H groups in total. The molecule has 7 nitrogen and oxygen atoms in total. The van der Waals surface area contributed by atoms with Crippen LogP contribution in [0.25, 0.3) is 0 Å². The standard InChI is InChI=1S/C18H27N3O2.C2HF3O2/c1-20(2)17(22)19-16-8-11-23-18(12-16)9-10-21(14-18)13-15-6-4-3-5-7-15;3-2(4,5)1(6)7/h3-7,16H,8-14H2,1-2H3,(H,19,22);(H,6,7)/t16-,18-;/m1./s1. The highest BCUT2D eigenvalue weighted by atomic mass is 19.4. The minimum absolute atomic E-state index is 0.00816. The Labute approximate surface area is 173 Å². The fourth-order valence-corrected chi connectivity index (χ4v) is 3.64. The lowest BCUT2D eigenvalue weighted by atomic mass is 9.89. The molecule has 30 heavy (non-hydrogen) atoms. The van der Waals surface area contributed by atoms with Gasteiger partial charge in [-0.05, 0) is 24.8 Å². The van der Waals surface area contributed by atoms with Gasteiger partial charge in [-0.15, -0.1) is 0 Å². The predicted molar refractivity (Wildman–Crippen MR) is 104 cm³/mol. The number of hydrogen-bond acceptors (Lipinski definition) is 4. The summed E-state index contributed by atoms with van der Waals surface area (Å²) in [6.07, 6.45) is -2.22. The van der Waals surface area contributed by atoms with Crippen LogP contribution in [0.5, 0.6) is 0 Å². The van der Waals surface area contributed by atoms with Crippen molar-refractivity contribution >= 4 is 12.0 Å². The molecule has 0 unspecified atom stereocenters. The number of urea groups is 1. The van der Waals surface area contributed by atoms with Gasteiger partial charge in [0, 0.05) is 46.4 Å². The van der Waals surface area contributed by atoms with Crippen LogP contribution in [-0.2, 0) is 16.1 Å². The van der Waals surface area contributed by atoms with E-state index in [1.165, 1.54) is 5.56 Å². The van der Waals surface area contributed by atoms with E-state index < -0.39 is 12.1 Å². The topological polar surface area (TPSA) is 82.1 Å². The molecule has 10 heteroatoms. The summed E-state index contributed by atoms with van der Waals surface area (Å²) < 4.78 is 37.9. The minimum atomic E-state index is -5.08. The smallest absolute Gasteiger partial charge is 0.475 e. The van der Waals surface area contributed by atoms with Crippen LogP contribution in [0.4, 0.5) is 18.0 Å². The molecule has 2 heterocycles. The number of benzene rings is 1. The Hall–Kier alpha value is -2.33. The molecule has 1 spiro atoms. The average Bonchev–Trinajstić information content (AvgIpc) is 3.03. The lowest BCUT2D eigenvalue weighted by Crippen LogP contribution is -2.51. The summed E-state index contributed by atoms with van der Waals surface area (Å²) in [4.78, 5) is 24.8. The lowest BCUT2D eigenvalue weighted by molar-refractivity contribution is -0.192. The van der Waals surface area contributed by atoms with Gasteiger partial charge in [0.25, 0.3) is 0 Å². The van der Waals surface area contributed by atoms with Gasteiger partial charge in [-0.1, -0.05) is 30.3 Å². The summed E-state index contributed by atoms with van der Waals surface area (Å²) in [5.41, 5.74) is 1.26. The maximum absolute atomic E-state index is 11.9. The molecule has 0 aromatic heterocycles. The summed E-state index contributed by atoms with van der Waals surface area (Å²) >= 11 is 0. The molecule has 0 bridgehead atoms. The maximum atomic E-state index is 11.9. The largest absolute Gasteiger partial charge is 0.490 e. The van der Waals surface area contributed by atoms with Crippen LogP contribution >= 0.6 is 0 Å². The third-order valence-corrected chi connectivity index (χ3v) is 5.11. The number of aliphatic carboxylic acids is 1. The first kappa shape index (κ1) is 23.9. The molecule has 2 saturated heterocycles. The van der Waals surface area contributed by atoms with Crippen molar-refractivity contribution in [2.75, 3.05) is 33.8 Å². The van der Waals surface area contributed by atoms with Crippen molar-refractivity contribution in [3.63, 3.8) is 0 Å². The van der Waals surface area contributed by atoms with E-state index in [2.05, 4.69) is 40.5 Å². The number of ether oxygens (including phenoxy) is 1. The SMILES string of the molecule is CN(C)C(=O)N[C@@H]1CCO[C@]2(CCN(Cc3ccccc3)C2)C1.O=C(O)C(F)(F)F. The number of nitrogens with zero attached hydrogens (tertiary/aromatic N) is 2. The van der Waals surface area contributed by atoms with Crippen LogP contribution in [0.15, 0.2) is 30.3 Å². The summed E-state index contributed by atoms with van der Waals surface area (Å²) in [5, 5.41) is 10.2. The van der Waals surface area contributed by atoms with Gasteiger partial charge in [-0.3, -0.25) is 4.90 Å². The van der Waals surface area contributed by atoms with Gasteiger partial charge in [-0.2, -0.15) is 13.2 Å². The zero-order valence-corrected chi connectivity index (χ0v) is 17.1. The van der Waals surface area contributed by atoms with Crippen molar-refractivity contribution < 1.29 is 32.6 Å². The van der Waals surface area contributed by atoms with Gasteiger partial charge in [0.15, 0.2) is 0 Å². The van der Waals surface area contributed by atoms with Gasteiger partial charge >= 0.3 is 18.2 Å². The molecule has 1 aromatic carbocycles. The quantitative estimate of drug-likeness (QED) is 0.769.